The van der Waals surface area contributed by atoms with Crippen LogP contribution in [-0.2, 0) is 26.5 Å². The Balaban J connectivity index is 1.16. The van der Waals surface area contributed by atoms with Crippen molar-refractivity contribution in [3.05, 3.63) is 76.3 Å². The van der Waals surface area contributed by atoms with Crippen molar-refractivity contribution in [3.8, 4) is 11.5 Å². The Labute approximate surface area is 240 Å². The SMILES string of the molecule is CCOC(=O)COc1ccc2c(c1)C(=CCCN1CCC3(CC1)OCc1cc(Cl)ccc13)C1C=CC=NC1CO2. The first-order valence-electron chi connectivity index (χ1n) is 14.2. The smallest absolute Gasteiger partial charge is 0.344 e. The van der Waals surface area contributed by atoms with Crippen molar-refractivity contribution in [3.63, 3.8) is 0 Å². The predicted molar refractivity (Wildman–Crippen MR) is 155 cm³/mol. The minimum Gasteiger partial charge on any atom is -0.491 e. The van der Waals surface area contributed by atoms with Gasteiger partial charge < -0.3 is 23.8 Å². The van der Waals surface area contributed by atoms with Gasteiger partial charge in [0.15, 0.2) is 6.61 Å². The third-order valence-electron chi connectivity index (χ3n) is 8.32. The summed E-state index contributed by atoms with van der Waals surface area (Å²) in [5.74, 6) is 1.16. The second-order valence-corrected chi connectivity index (χ2v) is 11.1. The minimum absolute atomic E-state index is 0.0236. The molecule has 210 valence electrons. The summed E-state index contributed by atoms with van der Waals surface area (Å²) in [5.41, 5.74) is 4.53. The molecule has 1 fully saturated rings. The summed E-state index contributed by atoms with van der Waals surface area (Å²) < 4.78 is 23.3. The van der Waals surface area contributed by atoms with E-state index in [0.717, 1.165) is 55.2 Å². The molecule has 2 atom stereocenters. The molecule has 2 unspecified atom stereocenters. The Morgan fingerprint density at radius 1 is 1.23 bits per heavy atom. The number of piperidine rings is 1. The van der Waals surface area contributed by atoms with Crippen molar-refractivity contribution < 1.29 is 23.7 Å². The summed E-state index contributed by atoms with van der Waals surface area (Å²) in [7, 11) is 0. The molecule has 0 N–H and O–H groups in total. The zero-order valence-corrected chi connectivity index (χ0v) is 23.6. The number of rotatable bonds is 7. The molecule has 0 aliphatic carbocycles. The van der Waals surface area contributed by atoms with Crippen LogP contribution in [0.3, 0.4) is 0 Å². The summed E-state index contributed by atoms with van der Waals surface area (Å²) in [6.45, 7) is 6.10. The summed E-state index contributed by atoms with van der Waals surface area (Å²) in [6.07, 6.45) is 11.3. The van der Waals surface area contributed by atoms with Gasteiger partial charge in [0.25, 0.3) is 0 Å². The number of carbonyl (C=O) groups excluding carboxylic acids is 1. The highest BCUT2D eigenvalue weighted by Crippen LogP contribution is 2.45. The van der Waals surface area contributed by atoms with Gasteiger partial charge in [-0.2, -0.15) is 0 Å². The first-order chi connectivity index (χ1) is 19.5. The molecule has 2 aromatic carbocycles. The normalized spacial score (nSPS) is 23.7. The summed E-state index contributed by atoms with van der Waals surface area (Å²) in [5, 5.41) is 0.772. The second kappa shape index (κ2) is 11.8. The zero-order valence-electron chi connectivity index (χ0n) is 22.8. The molecule has 0 amide bonds. The predicted octanol–water partition coefficient (Wildman–Crippen LogP) is 5.59. The fraction of sp³-hybridized carbons (Fsp3) is 0.438. The van der Waals surface area contributed by atoms with Gasteiger partial charge in [-0.15, -0.1) is 0 Å². The van der Waals surface area contributed by atoms with Gasteiger partial charge in [-0.05, 0) is 79.3 Å². The first kappa shape index (κ1) is 27.1. The lowest BCUT2D eigenvalue weighted by molar-refractivity contribution is -0.145. The van der Waals surface area contributed by atoms with Crippen LogP contribution in [0.1, 0.15) is 42.9 Å². The van der Waals surface area contributed by atoms with Crippen LogP contribution in [0.2, 0.25) is 5.02 Å². The number of ether oxygens (including phenoxy) is 4. The maximum atomic E-state index is 11.8. The maximum Gasteiger partial charge on any atom is 0.344 e. The van der Waals surface area contributed by atoms with E-state index in [1.54, 1.807) is 6.92 Å². The summed E-state index contributed by atoms with van der Waals surface area (Å²) in [6, 6.07) is 11.9. The van der Waals surface area contributed by atoms with E-state index in [1.807, 2.05) is 42.6 Å². The molecule has 4 aliphatic rings. The molecule has 2 aromatic rings. The average Bonchev–Trinajstić information content (AvgIpc) is 3.22. The highest BCUT2D eigenvalue weighted by atomic mass is 35.5. The Morgan fingerprint density at radius 2 is 2.10 bits per heavy atom. The van der Waals surface area contributed by atoms with Crippen molar-refractivity contribution in [2.45, 2.75) is 44.4 Å². The lowest BCUT2D eigenvalue weighted by Gasteiger charge is -2.39. The van der Waals surface area contributed by atoms with Crippen LogP contribution in [0.25, 0.3) is 5.57 Å². The Morgan fingerprint density at radius 3 is 2.95 bits per heavy atom. The molecule has 7 nitrogen and oxygen atoms in total. The molecule has 1 spiro atoms. The fourth-order valence-corrected chi connectivity index (χ4v) is 6.47. The molecular formula is C32H35ClN2O5. The van der Waals surface area contributed by atoms with Gasteiger partial charge in [-0.3, -0.25) is 4.99 Å². The van der Waals surface area contributed by atoms with E-state index < -0.39 is 0 Å². The van der Waals surface area contributed by atoms with Crippen molar-refractivity contribution in [2.24, 2.45) is 10.9 Å². The van der Waals surface area contributed by atoms with Crippen molar-refractivity contribution in [2.75, 3.05) is 39.5 Å². The molecular weight excluding hydrogens is 528 g/mol. The zero-order chi connectivity index (χ0) is 27.5. The van der Waals surface area contributed by atoms with Gasteiger partial charge in [-0.25, -0.2) is 4.79 Å². The second-order valence-electron chi connectivity index (χ2n) is 10.7. The van der Waals surface area contributed by atoms with Gasteiger partial charge in [0.05, 0.1) is 24.9 Å². The molecule has 0 radical (unpaired) electrons. The molecule has 6 rings (SSSR count). The van der Waals surface area contributed by atoms with Crippen LogP contribution in [0, 0.1) is 5.92 Å². The van der Waals surface area contributed by atoms with E-state index in [9.17, 15) is 4.79 Å². The minimum atomic E-state index is -0.382. The van der Waals surface area contributed by atoms with E-state index in [2.05, 4.69) is 23.1 Å². The fourth-order valence-electron chi connectivity index (χ4n) is 6.28. The Hall–Kier alpha value is -3.13. The van der Waals surface area contributed by atoms with Crippen molar-refractivity contribution in [1.29, 1.82) is 0 Å². The number of dihydropyridines is 1. The molecule has 8 heteroatoms. The van der Waals surface area contributed by atoms with Crippen LogP contribution < -0.4 is 9.47 Å². The van der Waals surface area contributed by atoms with E-state index in [-0.39, 0.29) is 30.1 Å². The molecule has 1 saturated heterocycles. The van der Waals surface area contributed by atoms with Crippen molar-refractivity contribution >= 4 is 29.4 Å². The molecule has 0 bridgehead atoms. The molecule has 4 aliphatic heterocycles. The highest BCUT2D eigenvalue weighted by Gasteiger charge is 2.42. The van der Waals surface area contributed by atoms with Crippen molar-refractivity contribution in [1.82, 2.24) is 4.90 Å². The first-order valence-corrected chi connectivity index (χ1v) is 14.5. The topological polar surface area (TPSA) is 69.6 Å². The molecule has 40 heavy (non-hydrogen) atoms. The van der Waals surface area contributed by atoms with Crippen LogP contribution in [0.15, 0.2) is 59.6 Å². The number of hydrogen-bond acceptors (Lipinski definition) is 7. The standard InChI is InChI=1S/C32H35ClN2O5/c1-2-37-31(36)21-38-24-8-10-30-27(18-24)25(26-5-3-13-34-29(26)20-39-30)6-4-14-35-15-11-32(12-16-35)28-9-7-23(33)17-22(28)19-40-32/h3,5-10,13,17-18,26,29H,2,4,11-12,14-16,19-21H2,1H3. The number of carbonyl (C=O) groups is 1. The lowest BCUT2D eigenvalue weighted by Crippen LogP contribution is -2.42. The third kappa shape index (κ3) is 5.55. The molecule has 0 aromatic heterocycles. The van der Waals surface area contributed by atoms with Crippen LogP contribution in [0.4, 0.5) is 0 Å². The molecule has 0 saturated carbocycles. The Kier molecular flexibility index (Phi) is 7.96. The number of esters is 1. The summed E-state index contributed by atoms with van der Waals surface area (Å²) in [4.78, 5) is 19.1. The van der Waals surface area contributed by atoms with Crippen LogP contribution >= 0.6 is 11.6 Å². The van der Waals surface area contributed by atoms with Gasteiger partial charge in [0.1, 0.15) is 18.1 Å². The number of hydrogen-bond donors (Lipinski definition) is 0. The van der Waals surface area contributed by atoms with E-state index in [4.69, 9.17) is 35.5 Å². The average molecular weight is 563 g/mol. The molecule has 4 heterocycles. The largest absolute Gasteiger partial charge is 0.491 e. The highest BCUT2D eigenvalue weighted by molar-refractivity contribution is 6.30. The van der Waals surface area contributed by atoms with Crippen LogP contribution in [-0.4, -0.2) is 62.6 Å². The number of halogens is 1. The van der Waals surface area contributed by atoms with E-state index >= 15 is 0 Å². The number of nitrogens with zero attached hydrogens (tertiary/aromatic N) is 2. The van der Waals surface area contributed by atoms with Gasteiger partial charge >= 0.3 is 5.97 Å². The van der Waals surface area contributed by atoms with E-state index in [1.165, 1.54) is 16.7 Å². The number of fused-ring (bicyclic) bond motifs is 4. The third-order valence-corrected chi connectivity index (χ3v) is 8.56. The van der Waals surface area contributed by atoms with E-state index in [0.29, 0.717) is 25.6 Å². The quantitative estimate of drug-likeness (QED) is 0.410. The Bertz CT molecular complexity index is 1340. The lowest BCUT2D eigenvalue weighted by atomic mass is 9.83. The summed E-state index contributed by atoms with van der Waals surface area (Å²) >= 11 is 6.21. The number of likely N-dealkylation sites (tertiary alicyclic amines) is 1. The van der Waals surface area contributed by atoms with Crippen LogP contribution in [0.5, 0.6) is 11.5 Å². The van der Waals surface area contributed by atoms with Gasteiger partial charge in [0, 0.05) is 42.4 Å². The maximum absolute atomic E-state index is 11.8. The number of benzene rings is 2. The number of allylic oxidation sites excluding steroid dienone is 1. The monoisotopic (exact) mass is 562 g/mol. The number of aliphatic imine (C=N–C) groups is 1. The van der Waals surface area contributed by atoms with Gasteiger partial charge in [-0.1, -0.05) is 29.8 Å². The van der Waals surface area contributed by atoms with Gasteiger partial charge in [0.2, 0.25) is 0 Å².